The Morgan fingerprint density at radius 2 is 1.71 bits per heavy atom. The molecule has 0 unspecified atom stereocenters. The van der Waals surface area contributed by atoms with Crippen molar-refractivity contribution in [3.63, 3.8) is 0 Å². The van der Waals surface area contributed by atoms with Gasteiger partial charge in [-0.25, -0.2) is 12.8 Å². The number of methoxy groups -OCH3 is 1. The summed E-state index contributed by atoms with van der Waals surface area (Å²) in [7, 11) is -2.16. The van der Waals surface area contributed by atoms with Crippen LogP contribution in [0, 0.1) is 5.82 Å². The Kier molecular flexibility index (Phi) is 11.7. The van der Waals surface area contributed by atoms with Gasteiger partial charge in [0.15, 0.2) is 0 Å². The molecule has 8 nitrogen and oxygen atoms in total. The van der Waals surface area contributed by atoms with Gasteiger partial charge in [-0.2, -0.15) is 0 Å². The van der Waals surface area contributed by atoms with Crippen molar-refractivity contribution in [2.75, 3.05) is 30.8 Å². The number of benzene rings is 3. The van der Waals surface area contributed by atoms with E-state index in [2.05, 4.69) is 5.32 Å². The van der Waals surface area contributed by atoms with E-state index >= 15 is 0 Å². The fourth-order valence-corrected chi connectivity index (χ4v) is 5.46. The van der Waals surface area contributed by atoms with Gasteiger partial charge in [0.25, 0.3) is 0 Å². The van der Waals surface area contributed by atoms with Gasteiger partial charge in [0.05, 0.1) is 19.1 Å². The molecule has 0 saturated carbocycles. The van der Waals surface area contributed by atoms with E-state index in [1.165, 1.54) is 22.4 Å². The van der Waals surface area contributed by atoms with Crippen LogP contribution < -0.4 is 14.4 Å². The van der Waals surface area contributed by atoms with E-state index in [9.17, 15) is 22.4 Å². The predicted molar refractivity (Wildman–Crippen MR) is 159 cm³/mol. The summed E-state index contributed by atoms with van der Waals surface area (Å²) < 4.78 is 46.4. The lowest BCUT2D eigenvalue weighted by atomic mass is 10.0. The highest BCUT2D eigenvalue weighted by Gasteiger charge is 2.31. The van der Waals surface area contributed by atoms with Crippen LogP contribution in [0.2, 0.25) is 0 Å². The number of sulfonamides is 1. The summed E-state index contributed by atoms with van der Waals surface area (Å²) in [5, 5.41) is 2.89. The maximum absolute atomic E-state index is 14.7. The highest BCUT2D eigenvalue weighted by Crippen LogP contribution is 2.24. The van der Waals surface area contributed by atoms with Crippen LogP contribution in [0.5, 0.6) is 5.75 Å². The third-order valence-electron chi connectivity index (χ3n) is 6.61. The zero-order valence-corrected chi connectivity index (χ0v) is 24.6. The first-order valence-electron chi connectivity index (χ1n) is 13.6. The monoisotopic (exact) mass is 583 g/mol. The Balaban J connectivity index is 1.88. The number of nitrogens with zero attached hydrogens (tertiary/aromatic N) is 2. The number of ether oxygens (including phenoxy) is 1. The molecule has 1 N–H and O–H groups in total. The molecule has 10 heteroatoms. The standard InChI is InChI=1S/C31H38FN3O5S/c1-4-19-33-31(37)29(21-24-12-6-5-7-13-24)34(23-25-14-8-9-17-28(25)32)30(36)18-11-20-35(41(3,38)39)26-15-10-16-27(22-26)40-2/h5-10,12-17,22,29H,4,11,18-21,23H2,1-3H3,(H,33,37)/t29-/m0/s1. The van der Waals surface area contributed by atoms with Crippen molar-refractivity contribution >= 4 is 27.5 Å². The summed E-state index contributed by atoms with van der Waals surface area (Å²) >= 11 is 0. The number of hydrogen-bond donors (Lipinski definition) is 1. The molecule has 0 fully saturated rings. The molecule has 3 rings (SSSR count). The van der Waals surface area contributed by atoms with Crippen molar-refractivity contribution in [2.45, 2.75) is 45.2 Å². The maximum atomic E-state index is 14.7. The summed E-state index contributed by atoms with van der Waals surface area (Å²) in [6.45, 7) is 2.31. The summed E-state index contributed by atoms with van der Waals surface area (Å²) in [5.41, 5.74) is 1.57. The SMILES string of the molecule is CCCNC(=O)[C@H](Cc1ccccc1)N(Cc1ccccc1F)C(=O)CCCN(c1cccc(OC)c1)S(C)(=O)=O. The average molecular weight is 584 g/mol. The molecule has 0 saturated heterocycles. The van der Waals surface area contributed by atoms with Gasteiger partial charge in [-0.05, 0) is 36.6 Å². The lowest BCUT2D eigenvalue weighted by Gasteiger charge is -2.32. The van der Waals surface area contributed by atoms with Gasteiger partial charge in [0.2, 0.25) is 21.8 Å². The molecule has 0 bridgehead atoms. The molecule has 1 atom stereocenters. The van der Waals surface area contributed by atoms with Crippen LogP contribution >= 0.6 is 0 Å². The smallest absolute Gasteiger partial charge is 0.243 e. The Morgan fingerprint density at radius 1 is 1.00 bits per heavy atom. The maximum Gasteiger partial charge on any atom is 0.243 e. The minimum Gasteiger partial charge on any atom is -0.497 e. The minimum atomic E-state index is -3.66. The van der Waals surface area contributed by atoms with E-state index in [1.54, 1.807) is 42.5 Å². The fraction of sp³-hybridized carbons (Fsp3) is 0.355. The molecule has 0 radical (unpaired) electrons. The van der Waals surface area contributed by atoms with Gasteiger partial charge in [-0.15, -0.1) is 0 Å². The van der Waals surface area contributed by atoms with Gasteiger partial charge in [0.1, 0.15) is 17.6 Å². The highest BCUT2D eigenvalue weighted by atomic mass is 32.2. The van der Waals surface area contributed by atoms with Crippen molar-refractivity contribution in [3.05, 3.63) is 95.8 Å². The molecule has 0 aliphatic carbocycles. The molecule has 0 heterocycles. The van der Waals surface area contributed by atoms with Crippen LogP contribution in [0.1, 0.15) is 37.3 Å². The normalized spacial score (nSPS) is 11.9. The zero-order valence-electron chi connectivity index (χ0n) is 23.8. The third-order valence-corrected chi connectivity index (χ3v) is 7.81. The van der Waals surface area contributed by atoms with Crippen molar-refractivity contribution in [1.82, 2.24) is 10.2 Å². The van der Waals surface area contributed by atoms with Gasteiger partial charge < -0.3 is 15.0 Å². The molecule has 41 heavy (non-hydrogen) atoms. The van der Waals surface area contributed by atoms with Crippen LogP contribution in [0.4, 0.5) is 10.1 Å². The Morgan fingerprint density at radius 3 is 2.37 bits per heavy atom. The molecule has 3 aromatic carbocycles. The van der Waals surface area contributed by atoms with Crippen LogP contribution in [0.25, 0.3) is 0 Å². The molecule has 220 valence electrons. The quantitative estimate of drug-likeness (QED) is 0.283. The minimum absolute atomic E-state index is 0.0384. The second-order valence-corrected chi connectivity index (χ2v) is 11.7. The number of hydrogen-bond acceptors (Lipinski definition) is 5. The third kappa shape index (κ3) is 9.31. The fourth-order valence-electron chi connectivity index (χ4n) is 4.50. The van der Waals surface area contributed by atoms with Crippen LogP contribution in [0.15, 0.2) is 78.9 Å². The molecule has 0 spiro atoms. The van der Waals surface area contributed by atoms with Crippen molar-refractivity contribution in [3.8, 4) is 5.75 Å². The van der Waals surface area contributed by atoms with Gasteiger partial charge in [-0.3, -0.25) is 13.9 Å². The average Bonchev–Trinajstić information content (AvgIpc) is 2.96. The van der Waals surface area contributed by atoms with Gasteiger partial charge in [0, 0.05) is 44.1 Å². The molecule has 0 aliphatic heterocycles. The lowest BCUT2D eigenvalue weighted by Crippen LogP contribution is -2.50. The topological polar surface area (TPSA) is 96.0 Å². The van der Waals surface area contributed by atoms with Crippen molar-refractivity contribution < 1.29 is 27.1 Å². The van der Waals surface area contributed by atoms with Crippen LogP contribution in [0.3, 0.4) is 0 Å². The van der Waals surface area contributed by atoms with E-state index < -0.39 is 21.9 Å². The Hall–Kier alpha value is -3.92. The molecular formula is C31H38FN3O5S. The summed E-state index contributed by atoms with van der Waals surface area (Å²) in [6.07, 6.45) is 2.21. The second kappa shape index (κ2) is 15.2. The van der Waals surface area contributed by atoms with Crippen molar-refractivity contribution in [2.24, 2.45) is 0 Å². The molecule has 2 amide bonds. The Bertz CT molecular complexity index is 1400. The Labute approximate surface area is 242 Å². The van der Waals surface area contributed by atoms with Crippen LogP contribution in [-0.4, -0.2) is 57.6 Å². The van der Waals surface area contributed by atoms with E-state index in [0.717, 1.165) is 18.2 Å². The number of carbonyl (C=O) groups excluding carboxylic acids is 2. The number of amides is 2. The van der Waals surface area contributed by atoms with E-state index in [1.807, 2.05) is 37.3 Å². The van der Waals surface area contributed by atoms with Crippen LogP contribution in [-0.2, 0) is 32.6 Å². The largest absolute Gasteiger partial charge is 0.497 e. The van der Waals surface area contributed by atoms with Gasteiger partial charge >= 0.3 is 0 Å². The number of anilines is 1. The number of halogens is 1. The molecular weight excluding hydrogens is 545 g/mol. The summed E-state index contributed by atoms with van der Waals surface area (Å²) in [6, 6.07) is 21.3. The predicted octanol–water partition coefficient (Wildman–Crippen LogP) is 4.55. The van der Waals surface area contributed by atoms with E-state index in [0.29, 0.717) is 18.0 Å². The first-order valence-corrected chi connectivity index (χ1v) is 15.4. The van der Waals surface area contributed by atoms with E-state index in [4.69, 9.17) is 4.74 Å². The van der Waals surface area contributed by atoms with Gasteiger partial charge in [-0.1, -0.05) is 61.5 Å². The first-order chi connectivity index (χ1) is 19.6. The number of nitrogens with one attached hydrogen (secondary N) is 1. The van der Waals surface area contributed by atoms with E-state index in [-0.39, 0.29) is 49.7 Å². The molecule has 3 aromatic rings. The highest BCUT2D eigenvalue weighted by molar-refractivity contribution is 7.92. The summed E-state index contributed by atoms with van der Waals surface area (Å²) in [5.74, 6) is -0.668. The zero-order chi connectivity index (χ0) is 29.8. The summed E-state index contributed by atoms with van der Waals surface area (Å²) in [4.78, 5) is 28.6. The number of rotatable bonds is 15. The lowest BCUT2D eigenvalue weighted by molar-refractivity contribution is -0.141. The molecule has 0 aliphatic rings. The number of carbonyl (C=O) groups is 2. The van der Waals surface area contributed by atoms with Crippen molar-refractivity contribution in [1.29, 1.82) is 0 Å². The second-order valence-electron chi connectivity index (χ2n) is 9.75. The first kappa shape index (κ1) is 31.6. The molecule has 0 aromatic heterocycles.